The summed E-state index contributed by atoms with van der Waals surface area (Å²) < 4.78 is 12.6. The van der Waals surface area contributed by atoms with Gasteiger partial charge in [0.25, 0.3) is 8.32 Å². The van der Waals surface area contributed by atoms with Crippen molar-refractivity contribution in [1.29, 1.82) is 0 Å². The number of likely N-dealkylation sites (tertiary alicyclic amines) is 1. The Hall–Kier alpha value is -3.42. The second-order valence-electron chi connectivity index (χ2n) is 10.2. The number of hydrogen-bond acceptors (Lipinski definition) is 4. The molecule has 188 valence electrons. The largest absolute Gasteiger partial charge is 0.481 e. The first-order valence-electron chi connectivity index (χ1n) is 12.2. The Kier molecular flexibility index (Phi) is 7.61. The van der Waals surface area contributed by atoms with Gasteiger partial charge in [0.15, 0.2) is 0 Å². The molecule has 0 bridgehead atoms. The molecule has 1 saturated heterocycles. The van der Waals surface area contributed by atoms with E-state index in [1.807, 2.05) is 66.7 Å². The molecule has 1 heterocycles. The van der Waals surface area contributed by atoms with Crippen molar-refractivity contribution in [2.45, 2.75) is 38.5 Å². The lowest BCUT2D eigenvalue weighted by molar-refractivity contribution is -0.143. The Morgan fingerprint density at radius 2 is 1.36 bits per heavy atom. The van der Waals surface area contributed by atoms with Crippen LogP contribution in [0.15, 0.2) is 91.0 Å². The monoisotopic (exact) mass is 503 g/mol. The Morgan fingerprint density at radius 3 is 1.83 bits per heavy atom. The zero-order valence-electron chi connectivity index (χ0n) is 21.0. The number of carboxylic acids is 1. The van der Waals surface area contributed by atoms with Crippen LogP contribution in [0.4, 0.5) is 4.79 Å². The van der Waals surface area contributed by atoms with Crippen molar-refractivity contribution < 1.29 is 23.9 Å². The molecule has 1 amide bonds. The van der Waals surface area contributed by atoms with E-state index in [2.05, 4.69) is 45.0 Å². The number of aliphatic carboxylic acids is 1. The third-order valence-corrected chi connectivity index (χ3v) is 11.9. The highest BCUT2D eigenvalue weighted by Crippen LogP contribution is 2.39. The predicted octanol–water partition coefficient (Wildman–Crippen LogP) is 4.28. The minimum atomic E-state index is -2.98. The van der Waals surface area contributed by atoms with Gasteiger partial charge in [0.2, 0.25) is 0 Å². The van der Waals surface area contributed by atoms with Crippen LogP contribution in [0, 0.1) is 5.92 Å². The Morgan fingerprint density at radius 1 is 0.861 bits per heavy atom. The number of benzene rings is 3. The second-order valence-corrected chi connectivity index (χ2v) is 14.5. The first kappa shape index (κ1) is 25.7. The molecule has 0 unspecified atom stereocenters. The minimum absolute atomic E-state index is 0.0474. The summed E-state index contributed by atoms with van der Waals surface area (Å²) in [5, 5.41) is 11.9. The molecule has 3 aromatic carbocycles. The van der Waals surface area contributed by atoms with Crippen LogP contribution in [-0.4, -0.2) is 49.6 Å². The SMILES string of the molecule is CC(C)(C)[Si](O[C@@H]1CN(C(=O)OCc2ccccc2)C[C@@H]1C(=O)O)(c1ccccc1)c1ccccc1. The zero-order chi connectivity index (χ0) is 25.8. The first-order chi connectivity index (χ1) is 17.2. The van der Waals surface area contributed by atoms with Crippen molar-refractivity contribution in [2.24, 2.45) is 5.92 Å². The highest BCUT2D eigenvalue weighted by Gasteiger charge is 2.54. The molecule has 1 aliphatic heterocycles. The molecule has 0 radical (unpaired) electrons. The van der Waals surface area contributed by atoms with Gasteiger partial charge in [-0.1, -0.05) is 112 Å². The van der Waals surface area contributed by atoms with Crippen molar-refractivity contribution >= 4 is 30.8 Å². The summed E-state index contributed by atoms with van der Waals surface area (Å²) in [7, 11) is -2.98. The molecule has 1 aliphatic rings. The van der Waals surface area contributed by atoms with E-state index in [1.165, 1.54) is 4.90 Å². The van der Waals surface area contributed by atoms with E-state index >= 15 is 0 Å². The molecular formula is C29H33NO5Si. The summed E-state index contributed by atoms with van der Waals surface area (Å²) in [5.41, 5.74) is 0.875. The van der Waals surface area contributed by atoms with Crippen molar-refractivity contribution in [2.75, 3.05) is 13.1 Å². The summed E-state index contributed by atoms with van der Waals surface area (Å²) in [6.45, 7) is 6.79. The summed E-state index contributed by atoms with van der Waals surface area (Å²) in [6, 6.07) is 29.6. The van der Waals surface area contributed by atoms with Gasteiger partial charge in [-0.15, -0.1) is 0 Å². The van der Waals surface area contributed by atoms with Gasteiger partial charge in [0.1, 0.15) is 12.5 Å². The summed E-state index contributed by atoms with van der Waals surface area (Å²) >= 11 is 0. The van der Waals surface area contributed by atoms with Gasteiger partial charge in [0, 0.05) is 13.1 Å². The summed E-state index contributed by atoms with van der Waals surface area (Å²) in [5.74, 6) is -1.83. The highest BCUT2D eigenvalue weighted by atomic mass is 28.4. The number of carbonyl (C=O) groups excluding carboxylic acids is 1. The number of hydrogen-bond donors (Lipinski definition) is 1. The van der Waals surface area contributed by atoms with Crippen molar-refractivity contribution in [3.05, 3.63) is 96.6 Å². The fourth-order valence-electron chi connectivity index (χ4n) is 5.01. The fraction of sp³-hybridized carbons (Fsp3) is 0.310. The summed E-state index contributed by atoms with van der Waals surface area (Å²) in [6.07, 6.45) is -1.20. The normalized spacial score (nSPS) is 18.1. The number of nitrogens with zero attached hydrogens (tertiary/aromatic N) is 1. The van der Waals surface area contributed by atoms with Crippen molar-refractivity contribution in [1.82, 2.24) is 4.90 Å². The van der Waals surface area contributed by atoms with Gasteiger partial charge < -0.3 is 19.2 Å². The molecule has 1 fully saturated rings. The summed E-state index contributed by atoms with van der Waals surface area (Å²) in [4.78, 5) is 26.7. The molecule has 0 aromatic heterocycles. The molecule has 3 aromatic rings. The maximum atomic E-state index is 12.9. The molecule has 0 spiro atoms. The molecule has 36 heavy (non-hydrogen) atoms. The number of rotatable bonds is 7. The lowest BCUT2D eigenvalue weighted by Crippen LogP contribution is -2.68. The first-order valence-corrected chi connectivity index (χ1v) is 14.1. The van der Waals surface area contributed by atoms with Gasteiger partial charge in [-0.3, -0.25) is 4.79 Å². The van der Waals surface area contributed by atoms with Crippen molar-refractivity contribution in [3.63, 3.8) is 0 Å². The van der Waals surface area contributed by atoms with Gasteiger partial charge in [-0.05, 0) is 21.0 Å². The molecule has 4 rings (SSSR count). The van der Waals surface area contributed by atoms with Crippen LogP contribution in [0.3, 0.4) is 0 Å². The van der Waals surface area contributed by atoms with Crippen LogP contribution in [0.5, 0.6) is 0 Å². The Labute approximate surface area is 213 Å². The number of ether oxygens (including phenoxy) is 1. The van der Waals surface area contributed by atoms with E-state index in [9.17, 15) is 14.7 Å². The second kappa shape index (κ2) is 10.7. The van der Waals surface area contributed by atoms with Crippen LogP contribution >= 0.6 is 0 Å². The average Bonchev–Trinajstić information content (AvgIpc) is 3.31. The molecule has 1 N–H and O–H groups in total. The number of carbonyl (C=O) groups is 2. The number of carboxylic acid groups (broad SMARTS) is 1. The van der Waals surface area contributed by atoms with E-state index in [1.54, 1.807) is 0 Å². The molecule has 0 aliphatic carbocycles. The van der Waals surface area contributed by atoms with Crippen LogP contribution in [0.1, 0.15) is 26.3 Å². The highest BCUT2D eigenvalue weighted by molar-refractivity contribution is 6.99. The van der Waals surface area contributed by atoms with Crippen molar-refractivity contribution in [3.8, 4) is 0 Å². The fourth-order valence-corrected chi connectivity index (χ4v) is 9.72. The Balaban J connectivity index is 1.65. The van der Waals surface area contributed by atoms with Gasteiger partial charge in [-0.2, -0.15) is 0 Å². The van der Waals surface area contributed by atoms with Gasteiger partial charge >= 0.3 is 12.1 Å². The minimum Gasteiger partial charge on any atom is -0.481 e. The third kappa shape index (κ3) is 5.22. The molecule has 7 heteroatoms. The Bertz CT molecular complexity index is 1130. The number of amides is 1. The lowest BCUT2D eigenvalue weighted by Gasteiger charge is -2.45. The maximum Gasteiger partial charge on any atom is 0.410 e. The quantitative estimate of drug-likeness (QED) is 0.487. The van der Waals surface area contributed by atoms with E-state index < -0.39 is 32.4 Å². The standard InChI is InChI=1S/C29H33NO5Si/c1-29(2,3)36(23-15-9-5-10-16-23,24-17-11-6-12-18-24)35-26-20-30(19-25(26)27(31)32)28(33)34-21-22-13-7-4-8-14-22/h4-18,25-26H,19-21H2,1-3H3,(H,31,32)/t25-,26+/m0/s1. The zero-order valence-corrected chi connectivity index (χ0v) is 22.0. The predicted molar refractivity (Wildman–Crippen MR) is 142 cm³/mol. The van der Waals surface area contributed by atoms with E-state index in [-0.39, 0.29) is 24.7 Å². The smallest absolute Gasteiger partial charge is 0.410 e. The molecular weight excluding hydrogens is 470 g/mol. The maximum absolute atomic E-state index is 12.9. The van der Waals surface area contributed by atoms with Crippen LogP contribution in [0.25, 0.3) is 0 Å². The van der Waals surface area contributed by atoms with Gasteiger partial charge in [-0.25, -0.2) is 4.79 Å². The molecule has 2 atom stereocenters. The van der Waals surface area contributed by atoms with E-state index in [0.717, 1.165) is 15.9 Å². The third-order valence-electron chi connectivity index (χ3n) is 6.79. The average molecular weight is 504 g/mol. The van der Waals surface area contributed by atoms with E-state index in [0.29, 0.717) is 0 Å². The van der Waals surface area contributed by atoms with Gasteiger partial charge in [0.05, 0.1) is 6.10 Å². The van der Waals surface area contributed by atoms with Crippen LogP contribution in [0.2, 0.25) is 5.04 Å². The van der Waals surface area contributed by atoms with E-state index in [4.69, 9.17) is 9.16 Å². The molecule has 0 saturated carbocycles. The topological polar surface area (TPSA) is 76.1 Å². The van der Waals surface area contributed by atoms with Crippen LogP contribution < -0.4 is 10.4 Å². The lowest BCUT2D eigenvalue weighted by atomic mass is 10.1. The molecule has 6 nitrogen and oxygen atoms in total. The van der Waals surface area contributed by atoms with Crippen LogP contribution in [-0.2, 0) is 20.6 Å².